The van der Waals surface area contributed by atoms with E-state index < -0.39 is 0 Å². The molecule has 1 amide bonds. The van der Waals surface area contributed by atoms with E-state index in [4.69, 9.17) is 10.5 Å². The summed E-state index contributed by atoms with van der Waals surface area (Å²) in [5, 5.41) is 7.59. The van der Waals surface area contributed by atoms with Crippen molar-refractivity contribution < 1.29 is 9.53 Å². The van der Waals surface area contributed by atoms with E-state index >= 15 is 0 Å². The molecule has 7 nitrogen and oxygen atoms in total. The average molecular weight is 227 g/mol. The van der Waals surface area contributed by atoms with Gasteiger partial charge in [-0.2, -0.15) is 0 Å². The van der Waals surface area contributed by atoms with Crippen molar-refractivity contribution in [3.63, 3.8) is 0 Å². The third-order valence-electron chi connectivity index (χ3n) is 2.09. The molecule has 2 N–H and O–H groups in total. The predicted octanol–water partition coefficient (Wildman–Crippen LogP) is -1.04. The minimum atomic E-state index is -0.166. The van der Waals surface area contributed by atoms with E-state index in [1.165, 1.54) is 0 Å². The normalized spacial score (nSPS) is 10.4. The molecule has 1 heterocycles. The number of carbonyl (C=O) groups is 1. The molecule has 90 valence electrons. The van der Waals surface area contributed by atoms with Crippen LogP contribution in [0.4, 0.5) is 0 Å². The lowest BCUT2D eigenvalue weighted by molar-refractivity contribution is 0.0738. The Kier molecular flexibility index (Phi) is 4.87. The number of nitrogens with two attached hydrogens (primary N) is 1. The molecular formula is C9H17N5O2. The summed E-state index contributed by atoms with van der Waals surface area (Å²) in [4.78, 5) is 13.3. The van der Waals surface area contributed by atoms with E-state index in [2.05, 4.69) is 10.3 Å². The first kappa shape index (κ1) is 12.6. The van der Waals surface area contributed by atoms with Crippen LogP contribution in [-0.4, -0.2) is 59.7 Å². The molecule has 1 rings (SSSR count). The van der Waals surface area contributed by atoms with Gasteiger partial charge in [0.1, 0.15) is 0 Å². The second-order valence-electron chi connectivity index (χ2n) is 3.38. The first-order chi connectivity index (χ1) is 7.69. The lowest BCUT2D eigenvalue weighted by Gasteiger charge is -2.14. The van der Waals surface area contributed by atoms with E-state index in [-0.39, 0.29) is 5.91 Å². The number of likely N-dealkylation sites (N-methyl/N-ethyl adjacent to an activating group) is 1. The molecule has 0 unspecified atom stereocenters. The Hall–Kier alpha value is -1.47. The summed E-state index contributed by atoms with van der Waals surface area (Å²) in [6.45, 7) is 2.05. The zero-order chi connectivity index (χ0) is 12.0. The summed E-state index contributed by atoms with van der Waals surface area (Å²) in [6.07, 6.45) is 1.60. The van der Waals surface area contributed by atoms with Crippen LogP contribution in [0.2, 0.25) is 0 Å². The summed E-state index contributed by atoms with van der Waals surface area (Å²) < 4.78 is 6.44. The van der Waals surface area contributed by atoms with Crippen molar-refractivity contribution in [2.24, 2.45) is 5.73 Å². The number of amides is 1. The number of aromatic nitrogens is 3. The number of hydrogen-bond donors (Lipinski definition) is 1. The topological polar surface area (TPSA) is 86.3 Å². The van der Waals surface area contributed by atoms with E-state index in [9.17, 15) is 4.79 Å². The molecule has 0 aliphatic rings. The van der Waals surface area contributed by atoms with Gasteiger partial charge >= 0.3 is 0 Å². The van der Waals surface area contributed by atoms with Gasteiger partial charge in [-0.25, -0.2) is 0 Å². The first-order valence-electron chi connectivity index (χ1n) is 5.03. The number of hydrogen-bond acceptors (Lipinski definition) is 5. The average Bonchev–Trinajstić information content (AvgIpc) is 2.74. The van der Waals surface area contributed by atoms with Gasteiger partial charge in [-0.3, -0.25) is 9.48 Å². The van der Waals surface area contributed by atoms with Crippen molar-refractivity contribution in [1.29, 1.82) is 0 Å². The molecule has 0 aliphatic heterocycles. The summed E-state index contributed by atoms with van der Waals surface area (Å²) >= 11 is 0. The molecule has 0 fully saturated rings. The third kappa shape index (κ3) is 3.28. The maximum absolute atomic E-state index is 11.8. The maximum Gasteiger partial charge on any atom is 0.275 e. The summed E-state index contributed by atoms with van der Waals surface area (Å²) in [5.41, 5.74) is 5.70. The SMILES string of the molecule is COCCN(C)C(=O)c1cn(CCN)nn1. The van der Waals surface area contributed by atoms with Crippen LogP contribution in [0.5, 0.6) is 0 Å². The zero-order valence-corrected chi connectivity index (χ0v) is 9.59. The molecule has 0 radical (unpaired) electrons. The monoisotopic (exact) mass is 227 g/mol. The Morgan fingerprint density at radius 2 is 2.44 bits per heavy atom. The standard InChI is InChI=1S/C9H17N5O2/c1-13(5-6-16-2)9(15)8-7-14(4-3-10)12-11-8/h7H,3-6,10H2,1-2H3. The fourth-order valence-electron chi connectivity index (χ4n) is 1.16. The molecule has 1 aromatic rings. The molecule has 0 atom stereocenters. The fraction of sp³-hybridized carbons (Fsp3) is 0.667. The fourth-order valence-corrected chi connectivity index (χ4v) is 1.16. The Bertz CT molecular complexity index is 338. The largest absolute Gasteiger partial charge is 0.383 e. The van der Waals surface area contributed by atoms with Crippen LogP contribution in [0, 0.1) is 0 Å². The van der Waals surface area contributed by atoms with Crippen LogP contribution < -0.4 is 5.73 Å². The number of carbonyl (C=O) groups excluding carboxylic acids is 1. The van der Waals surface area contributed by atoms with Crippen molar-refractivity contribution in [3.8, 4) is 0 Å². The molecule has 0 aliphatic carbocycles. The lowest BCUT2D eigenvalue weighted by Crippen LogP contribution is -2.30. The van der Waals surface area contributed by atoms with Crippen LogP contribution >= 0.6 is 0 Å². The molecule has 0 saturated heterocycles. The van der Waals surface area contributed by atoms with Crippen LogP contribution in [0.25, 0.3) is 0 Å². The molecule has 16 heavy (non-hydrogen) atoms. The van der Waals surface area contributed by atoms with Crippen molar-refractivity contribution in [3.05, 3.63) is 11.9 Å². The quantitative estimate of drug-likeness (QED) is 0.670. The Labute approximate surface area is 94.2 Å². The highest BCUT2D eigenvalue weighted by Gasteiger charge is 2.14. The Morgan fingerprint density at radius 3 is 3.06 bits per heavy atom. The Balaban J connectivity index is 2.57. The van der Waals surface area contributed by atoms with Crippen LogP contribution in [0.15, 0.2) is 6.20 Å². The number of nitrogens with zero attached hydrogens (tertiary/aromatic N) is 4. The highest BCUT2D eigenvalue weighted by Crippen LogP contribution is 1.98. The van der Waals surface area contributed by atoms with E-state index in [1.807, 2.05) is 0 Å². The van der Waals surface area contributed by atoms with Gasteiger partial charge in [0.15, 0.2) is 5.69 Å². The van der Waals surface area contributed by atoms with Gasteiger partial charge in [0.05, 0.1) is 19.3 Å². The minimum absolute atomic E-state index is 0.166. The Morgan fingerprint density at radius 1 is 1.69 bits per heavy atom. The molecular weight excluding hydrogens is 210 g/mol. The molecule has 0 saturated carbocycles. The maximum atomic E-state index is 11.8. The second kappa shape index (κ2) is 6.19. The minimum Gasteiger partial charge on any atom is -0.383 e. The molecule has 1 aromatic heterocycles. The van der Waals surface area contributed by atoms with Crippen LogP contribution in [0.3, 0.4) is 0 Å². The van der Waals surface area contributed by atoms with Crippen molar-refractivity contribution in [1.82, 2.24) is 19.9 Å². The predicted molar refractivity (Wildman–Crippen MR) is 57.9 cm³/mol. The van der Waals surface area contributed by atoms with Gasteiger partial charge in [0, 0.05) is 27.2 Å². The van der Waals surface area contributed by atoms with Gasteiger partial charge < -0.3 is 15.4 Å². The summed E-state index contributed by atoms with van der Waals surface area (Å²) in [6, 6.07) is 0. The summed E-state index contributed by atoms with van der Waals surface area (Å²) in [7, 11) is 3.29. The zero-order valence-electron chi connectivity index (χ0n) is 9.59. The van der Waals surface area contributed by atoms with Gasteiger partial charge in [-0.05, 0) is 0 Å². The molecule has 0 aromatic carbocycles. The van der Waals surface area contributed by atoms with E-state index in [1.54, 1.807) is 29.9 Å². The van der Waals surface area contributed by atoms with Crippen LogP contribution in [-0.2, 0) is 11.3 Å². The van der Waals surface area contributed by atoms with Gasteiger partial charge in [-0.1, -0.05) is 5.21 Å². The van der Waals surface area contributed by atoms with Crippen LogP contribution in [0.1, 0.15) is 10.5 Å². The highest BCUT2D eigenvalue weighted by molar-refractivity contribution is 5.91. The second-order valence-corrected chi connectivity index (χ2v) is 3.38. The smallest absolute Gasteiger partial charge is 0.275 e. The first-order valence-corrected chi connectivity index (χ1v) is 5.03. The van der Waals surface area contributed by atoms with E-state index in [0.29, 0.717) is 31.9 Å². The molecule has 0 spiro atoms. The number of rotatable bonds is 6. The van der Waals surface area contributed by atoms with Crippen molar-refractivity contribution >= 4 is 5.91 Å². The van der Waals surface area contributed by atoms with Gasteiger partial charge in [-0.15, -0.1) is 5.10 Å². The lowest BCUT2D eigenvalue weighted by atomic mass is 10.4. The number of ether oxygens (including phenoxy) is 1. The van der Waals surface area contributed by atoms with Gasteiger partial charge in [0.2, 0.25) is 0 Å². The third-order valence-corrected chi connectivity index (χ3v) is 2.09. The number of methoxy groups -OCH3 is 1. The van der Waals surface area contributed by atoms with E-state index in [0.717, 1.165) is 0 Å². The summed E-state index contributed by atoms with van der Waals surface area (Å²) in [5.74, 6) is -0.166. The van der Waals surface area contributed by atoms with Crippen molar-refractivity contribution in [2.75, 3.05) is 33.9 Å². The molecule has 0 bridgehead atoms. The highest BCUT2D eigenvalue weighted by atomic mass is 16.5. The van der Waals surface area contributed by atoms with Gasteiger partial charge in [0.25, 0.3) is 5.91 Å². The van der Waals surface area contributed by atoms with Crippen molar-refractivity contribution in [2.45, 2.75) is 6.54 Å². The molecule has 7 heteroatoms.